The number of anilines is 1. The SMILES string of the molecule is CCC(CC1CC1)Nc1cccc(Cl)c1C(N)=S. The van der Waals surface area contributed by atoms with Gasteiger partial charge in [0.25, 0.3) is 0 Å². The Hall–Kier alpha value is -0.800. The first-order chi connectivity index (χ1) is 8.61. The lowest BCUT2D eigenvalue weighted by Gasteiger charge is -2.20. The number of halogens is 1. The van der Waals surface area contributed by atoms with Crippen molar-refractivity contribution in [3.05, 3.63) is 28.8 Å². The van der Waals surface area contributed by atoms with Crippen molar-refractivity contribution in [1.29, 1.82) is 0 Å². The lowest BCUT2D eigenvalue weighted by atomic mass is 10.1. The van der Waals surface area contributed by atoms with Gasteiger partial charge in [-0.25, -0.2) is 0 Å². The van der Waals surface area contributed by atoms with Crippen LogP contribution < -0.4 is 11.1 Å². The predicted molar refractivity (Wildman–Crippen MR) is 82.4 cm³/mol. The smallest absolute Gasteiger partial charge is 0.107 e. The third kappa shape index (κ3) is 3.36. The molecule has 0 radical (unpaired) electrons. The van der Waals surface area contributed by atoms with E-state index >= 15 is 0 Å². The van der Waals surface area contributed by atoms with E-state index in [1.54, 1.807) is 0 Å². The molecule has 1 fully saturated rings. The number of hydrogen-bond donors (Lipinski definition) is 2. The number of rotatable bonds is 6. The molecule has 2 nitrogen and oxygen atoms in total. The van der Waals surface area contributed by atoms with E-state index in [0.29, 0.717) is 16.1 Å². The first-order valence-corrected chi connectivity index (χ1v) is 7.25. The third-order valence-corrected chi connectivity index (χ3v) is 3.95. The molecule has 1 atom stereocenters. The van der Waals surface area contributed by atoms with Crippen LogP contribution in [0.1, 0.15) is 38.2 Å². The van der Waals surface area contributed by atoms with Crippen LogP contribution in [0.15, 0.2) is 18.2 Å². The Morgan fingerprint density at radius 2 is 2.28 bits per heavy atom. The van der Waals surface area contributed by atoms with Gasteiger partial charge in [-0.2, -0.15) is 0 Å². The first kappa shape index (κ1) is 13.6. The third-order valence-electron chi connectivity index (χ3n) is 3.43. The summed E-state index contributed by atoms with van der Waals surface area (Å²) in [5.74, 6) is 0.898. The van der Waals surface area contributed by atoms with Crippen LogP contribution in [0.4, 0.5) is 5.69 Å². The van der Waals surface area contributed by atoms with E-state index in [1.165, 1.54) is 19.3 Å². The van der Waals surface area contributed by atoms with Gasteiger partial charge in [0, 0.05) is 11.7 Å². The lowest BCUT2D eigenvalue weighted by molar-refractivity contribution is 0.587. The average Bonchev–Trinajstić information content (AvgIpc) is 3.11. The molecule has 18 heavy (non-hydrogen) atoms. The summed E-state index contributed by atoms with van der Waals surface area (Å²) in [7, 11) is 0. The molecular formula is C14H19ClN2S. The molecule has 0 aliphatic heterocycles. The van der Waals surface area contributed by atoms with Crippen LogP contribution in [-0.4, -0.2) is 11.0 Å². The predicted octanol–water partition coefficient (Wildman–Crippen LogP) is 3.96. The van der Waals surface area contributed by atoms with Crippen LogP contribution in [-0.2, 0) is 0 Å². The van der Waals surface area contributed by atoms with Gasteiger partial charge in [0.2, 0.25) is 0 Å². The molecule has 2 rings (SSSR count). The summed E-state index contributed by atoms with van der Waals surface area (Å²) in [5, 5.41) is 4.16. The molecule has 0 heterocycles. The fourth-order valence-corrected chi connectivity index (χ4v) is 2.75. The number of nitrogens with two attached hydrogens (primary N) is 1. The average molecular weight is 283 g/mol. The van der Waals surface area contributed by atoms with Gasteiger partial charge in [-0.1, -0.05) is 49.7 Å². The summed E-state index contributed by atoms with van der Waals surface area (Å²) in [6.07, 6.45) is 5.06. The molecule has 1 aromatic rings. The van der Waals surface area contributed by atoms with Crippen molar-refractivity contribution < 1.29 is 0 Å². The summed E-state index contributed by atoms with van der Waals surface area (Å²) in [6.45, 7) is 2.20. The molecule has 4 heteroatoms. The molecule has 0 bridgehead atoms. The number of benzene rings is 1. The van der Waals surface area contributed by atoms with Crippen molar-refractivity contribution in [3.8, 4) is 0 Å². The Balaban J connectivity index is 2.15. The maximum absolute atomic E-state index is 6.16. The van der Waals surface area contributed by atoms with Crippen molar-refractivity contribution in [3.63, 3.8) is 0 Å². The van der Waals surface area contributed by atoms with Crippen molar-refractivity contribution in [2.45, 2.75) is 38.6 Å². The second kappa shape index (κ2) is 5.89. The monoisotopic (exact) mass is 282 g/mol. The molecule has 0 saturated heterocycles. The van der Waals surface area contributed by atoms with Crippen LogP contribution in [0.5, 0.6) is 0 Å². The Morgan fingerprint density at radius 3 is 2.83 bits per heavy atom. The van der Waals surface area contributed by atoms with Crippen molar-refractivity contribution in [1.82, 2.24) is 0 Å². The van der Waals surface area contributed by atoms with Gasteiger partial charge >= 0.3 is 0 Å². The zero-order chi connectivity index (χ0) is 13.1. The van der Waals surface area contributed by atoms with E-state index in [2.05, 4.69) is 12.2 Å². The van der Waals surface area contributed by atoms with Crippen molar-refractivity contribution in [2.75, 3.05) is 5.32 Å². The Kier molecular flexibility index (Phi) is 4.46. The zero-order valence-electron chi connectivity index (χ0n) is 10.6. The molecular weight excluding hydrogens is 264 g/mol. The van der Waals surface area contributed by atoms with Gasteiger partial charge in [-0.05, 0) is 30.9 Å². The molecule has 1 aliphatic rings. The second-order valence-electron chi connectivity index (χ2n) is 4.96. The van der Waals surface area contributed by atoms with Crippen LogP contribution in [0, 0.1) is 5.92 Å². The molecule has 98 valence electrons. The minimum Gasteiger partial charge on any atom is -0.389 e. The standard InChI is InChI=1S/C14H19ClN2S/c1-2-10(8-9-6-7-9)17-12-5-3-4-11(15)13(12)14(16)18/h3-5,9-10,17H,2,6-8H2,1H3,(H2,16,18). The molecule has 0 amide bonds. The van der Waals surface area contributed by atoms with E-state index in [0.717, 1.165) is 23.6 Å². The second-order valence-corrected chi connectivity index (χ2v) is 5.80. The van der Waals surface area contributed by atoms with E-state index in [9.17, 15) is 0 Å². The van der Waals surface area contributed by atoms with Crippen LogP contribution >= 0.6 is 23.8 Å². The van der Waals surface area contributed by atoms with E-state index < -0.39 is 0 Å². The highest BCUT2D eigenvalue weighted by Gasteiger charge is 2.25. The number of thiocarbonyl (C=S) groups is 1. The Labute approximate surface area is 119 Å². The molecule has 1 aromatic carbocycles. The molecule has 0 spiro atoms. The van der Waals surface area contributed by atoms with Gasteiger partial charge in [0.15, 0.2) is 0 Å². The normalized spacial score (nSPS) is 16.3. The minimum atomic E-state index is 0.351. The molecule has 1 saturated carbocycles. The Morgan fingerprint density at radius 1 is 1.56 bits per heavy atom. The molecule has 3 N–H and O–H groups in total. The van der Waals surface area contributed by atoms with E-state index in [4.69, 9.17) is 29.6 Å². The van der Waals surface area contributed by atoms with Crippen molar-refractivity contribution in [2.24, 2.45) is 11.7 Å². The first-order valence-electron chi connectivity index (χ1n) is 6.46. The van der Waals surface area contributed by atoms with Crippen molar-refractivity contribution >= 4 is 34.5 Å². The van der Waals surface area contributed by atoms with Crippen LogP contribution in [0.3, 0.4) is 0 Å². The summed E-state index contributed by atoms with van der Waals surface area (Å²) < 4.78 is 0. The highest BCUT2D eigenvalue weighted by Crippen LogP contribution is 2.35. The fourth-order valence-electron chi connectivity index (χ4n) is 2.20. The number of hydrogen-bond acceptors (Lipinski definition) is 2. The van der Waals surface area contributed by atoms with E-state index in [-0.39, 0.29) is 0 Å². The minimum absolute atomic E-state index is 0.351. The molecule has 1 unspecified atom stereocenters. The van der Waals surface area contributed by atoms with Gasteiger partial charge < -0.3 is 11.1 Å². The fraction of sp³-hybridized carbons (Fsp3) is 0.500. The number of nitrogens with one attached hydrogen (secondary N) is 1. The summed E-state index contributed by atoms with van der Waals surface area (Å²) in [4.78, 5) is 0.351. The van der Waals surface area contributed by atoms with Crippen LogP contribution in [0.25, 0.3) is 0 Å². The summed E-state index contributed by atoms with van der Waals surface area (Å²) in [6, 6.07) is 6.22. The van der Waals surface area contributed by atoms with Crippen LogP contribution in [0.2, 0.25) is 5.02 Å². The summed E-state index contributed by atoms with van der Waals surface area (Å²) in [5.41, 5.74) is 7.48. The molecule has 1 aliphatic carbocycles. The summed E-state index contributed by atoms with van der Waals surface area (Å²) >= 11 is 11.2. The maximum atomic E-state index is 6.16. The molecule has 0 aromatic heterocycles. The van der Waals surface area contributed by atoms with E-state index in [1.807, 2.05) is 18.2 Å². The zero-order valence-corrected chi connectivity index (χ0v) is 12.2. The topological polar surface area (TPSA) is 38.0 Å². The quantitative estimate of drug-likeness (QED) is 0.776. The lowest BCUT2D eigenvalue weighted by Crippen LogP contribution is -2.22. The van der Waals surface area contributed by atoms with Gasteiger partial charge in [-0.15, -0.1) is 0 Å². The largest absolute Gasteiger partial charge is 0.389 e. The highest BCUT2D eigenvalue weighted by molar-refractivity contribution is 7.80. The van der Waals surface area contributed by atoms with Gasteiger partial charge in [0.1, 0.15) is 4.99 Å². The van der Waals surface area contributed by atoms with Gasteiger partial charge in [0.05, 0.1) is 10.6 Å². The maximum Gasteiger partial charge on any atom is 0.107 e. The van der Waals surface area contributed by atoms with Gasteiger partial charge in [-0.3, -0.25) is 0 Å². The Bertz CT molecular complexity index is 443. The highest BCUT2D eigenvalue weighted by atomic mass is 35.5.